The van der Waals surface area contributed by atoms with E-state index in [9.17, 15) is 19.8 Å². The van der Waals surface area contributed by atoms with Crippen molar-refractivity contribution < 1.29 is 29.3 Å². The highest BCUT2D eigenvalue weighted by molar-refractivity contribution is 5.99. The number of para-hydroxylation sites is 1. The first-order chi connectivity index (χ1) is 14.9. The van der Waals surface area contributed by atoms with Crippen LogP contribution in [0.25, 0.3) is 0 Å². The van der Waals surface area contributed by atoms with Gasteiger partial charge in [0.05, 0.1) is 19.9 Å². The molecule has 1 amide bonds. The Bertz CT molecular complexity index is 1040. The normalized spacial score (nSPS) is 43.9. The Kier molecular flexibility index (Phi) is 3.53. The lowest BCUT2D eigenvalue weighted by molar-refractivity contribution is -0.262. The summed E-state index contributed by atoms with van der Waals surface area (Å²) in [5, 5.41) is 24.0. The number of methoxy groups -OCH3 is 2. The van der Waals surface area contributed by atoms with Gasteiger partial charge in [0, 0.05) is 23.4 Å². The lowest BCUT2D eigenvalue weighted by Gasteiger charge is -2.72. The van der Waals surface area contributed by atoms with Gasteiger partial charge in [0.25, 0.3) is 0 Å². The van der Waals surface area contributed by atoms with E-state index in [0.29, 0.717) is 24.9 Å². The van der Waals surface area contributed by atoms with Crippen LogP contribution in [0.15, 0.2) is 36.4 Å². The molecule has 6 atom stereocenters. The molecule has 8 heteroatoms. The quantitative estimate of drug-likeness (QED) is 0.510. The van der Waals surface area contributed by atoms with Gasteiger partial charge in [0.1, 0.15) is 11.6 Å². The molecule has 1 aromatic carbocycles. The van der Waals surface area contributed by atoms with Crippen LogP contribution in [0.5, 0.6) is 0 Å². The maximum Gasteiger partial charge on any atom is 0.414 e. The molecule has 3 heterocycles. The van der Waals surface area contributed by atoms with Gasteiger partial charge in [-0.1, -0.05) is 30.4 Å². The summed E-state index contributed by atoms with van der Waals surface area (Å²) in [7, 11) is 2.50. The standard InChI is InChI=1S/C23H26N2O6/c1-30-18(27)23(29)17(26)20-8-5-12-24-13-11-21(16(20)24)14-6-3-4-7-15(14)25(19(28)31-2)22(21,23)10-9-20/h3-8,16-17,26,29H,9-13H2,1-2H3/t16-,17+,20+,21-,22-,23+/m1/s1. The van der Waals surface area contributed by atoms with E-state index in [2.05, 4.69) is 4.90 Å². The fraction of sp³-hybridized carbons (Fsp3) is 0.565. The Morgan fingerprint density at radius 2 is 1.90 bits per heavy atom. The minimum Gasteiger partial charge on any atom is -0.467 e. The molecule has 8 nitrogen and oxygen atoms in total. The zero-order valence-corrected chi connectivity index (χ0v) is 17.6. The number of aliphatic hydroxyl groups excluding tert-OH is 1. The van der Waals surface area contributed by atoms with Crippen molar-refractivity contribution in [3.63, 3.8) is 0 Å². The molecule has 1 aromatic rings. The van der Waals surface area contributed by atoms with Gasteiger partial charge in [-0.05, 0) is 37.4 Å². The molecule has 2 bridgehead atoms. The number of anilines is 1. The van der Waals surface area contributed by atoms with E-state index in [0.717, 1.165) is 18.7 Å². The molecule has 0 unspecified atom stereocenters. The average molecular weight is 426 g/mol. The van der Waals surface area contributed by atoms with Crippen LogP contribution in [-0.4, -0.2) is 77.8 Å². The lowest BCUT2D eigenvalue weighted by atomic mass is 9.37. The van der Waals surface area contributed by atoms with Crippen LogP contribution in [0.2, 0.25) is 0 Å². The third-order valence-corrected chi connectivity index (χ3v) is 8.96. The van der Waals surface area contributed by atoms with Crippen molar-refractivity contribution >= 4 is 17.7 Å². The van der Waals surface area contributed by atoms with E-state index in [4.69, 9.17) is 9.47 Å². The summed E-state index contributed by atoms with van der Waals surface area (Å²) >= 11 is 0. The van der Waals surface area contributed by atoms with E-state index < -0.39 is 40.1 Å². The summed E-state index contributed by atoms with van der Waals surface area (Å²) in [5.41, 5.74) is -3.77. The van der Waals surface area contributed by atoms with Crippen molar-refractivity contribution in [1.29, 1.82) is 0 Å². The van der Waals surface area contributed by atoms with Crippen LogP contribution in [0, 0.1) is 5.41 Å². The zero-order valence-electron chi connectivity index (χ0n) is 17.6. The van der Waals surface area contributed by atoms with Gasteiger partial charge in [-0.15, -0.1) is 0 Å². The Hall–Kier alpha value is -2.42. The first-order valence-corrected chi connectivity index (χ1v) is 10.7. The molecule has 0 aromatic heterocycles. The van der Waals surface area contributed by atoms with Gasteiger partial charge in [-0.2, -0.15) is 0 Å². The number of hydrogen-bond acceptors (Lipinski definition) is 7. The number of hydrogen-bond donors (Lipinski definition) is 2. The lowest BCUT2D eigenvalue weighted by Crippen LogP contribution is -2.90. The summed E-state index contributed by atoms with van der Waals surface area (Å²) in [5.74, 6) is -0.920. The van der Waals surface area contributed by atoms with Crippen molar-refractivity contribution in [3.05, 3.63) is 42.0 Å². The Morgan fingerprint density at radius 3 is 2.65 bits per heavy atom. The van der Waals surface area contributed by atoms with Crippen molar-refractivity contribution in [2.75, 3.05) is 32.2 Å². The molecule has 2 N–H and O–H groups in total. The number of carbonyl (C=O) groups is 2. The van der Waals surface area contributed by atoms with E-state index in [1.54, 1.807) is 0 Å². The molecule has 3 aliphatic heterocycles. The van der Waals surface area contributed by atoms with Crippen molar-refractivity contribution in [1.82, 2.24) is 4.90 Å². The number of carbonyl (C=O) groups excluding carboxylic acids is 2. The van der Waals surface area contributed by atoms with Gasteiger partial charge < -0.3 is 19.7 Å². The minimum absolute atomic E-state index is 0.158. The van der Waals surface area contributed by atoms with Crippen LogP contribution in [0.1, 0.15) is 24.8 Å². The van der Waals surface area contributed by atoms with Gasteiger partial charge in [0.2, 0.25) is 5.60 Å². The van der Waals surface area contributed by atoms with Crippen molar-refractivity contribution in [2.45, 2.75) is 48.0 Å². The number of fused-ring (bicyclic) bond motifs is 3. The molecule has 164 valence electrons. The number of nitrogens with zero attached hydrogens (tertiary/aromatic N) is 2. The van der Waals surface area contributed by atoms with Crippen molar-refractivity contribution in [3.8, 4) is 0 Å². The molecule has 3 saturated carbocycles. The monoisotopic (exact) mass is 426 g/mol. The topological polar surface area (TPSA) is 99.5 Å². The molecule has 7 rings (SSSR count). The highest BCUT2D eigenvalue weighted by atomic mass is 16.6. The molecular weight excluding hydrogens is 400 g/mol. The first-order valence-electron chi connectivity index (χ1n) is 10.7. The van der Waals surface area contributed by atoms with E-state index in [-0.39, 0.29) is 6.04 Å². The number of ether oxygens (including phenoxy) is 2. The largest absolute Gasteiger partial charge is 0.467 e. The van der Waals surface area contributed by atoms with E-state index in [1.165, 1.54) is 19.1 Å². The van der Waals surface area contributed by atoms with E-state index >= 15 is 0 Å². The predicted molar refractivity (Wildman–Crippen MR) is 109 cm³/mol. The molecule has 31 heavy (non-hydrogen) atoms. The Morgan fingerprint density at radius 1 is 1.13 bits per heavy atom. The third-order valence-electron chi connectivity index (χ3n) is 8.96. The fourth-order valence-electron chi connectivity index (χ4n) is 8.21. The highest BCUT2D eigenvalue weighted by Gasteiger charge is 2.89. The summed E-state index contributed by atoms with van der Waals surface area (Å²) in [6.07, 6.45) is 3.45. The van der Waals surface area contributed by atoms with Crippen LogP contribution >= 0.6 is 0 Å². The van der Waals surface area contributed by atoms with Crippen molar-refractivity contribution in [2.24, 2.45) is 5.41 Å². The average Bonchev–Trinajstić information content (AvgIpc) is 3.33. The van der Waals surface area contributed by atoms with Gasteiger partial charge in [-0.3, -0.25) is 9.80 Å². The molecule has 4 fully saturated rings. The molecular formula is C23H26N2O6. The fourth-order valence-corrected chi connectivity index (χ4v) is 8.21. The molecule has 3 spiro atoms. The second-order valence-electron chi connectivity index (χ2n) is 9.48. The number of benzene rings is 1. The van der Waals surface area contributed by atoms with E-state index in [1.807, 2.05) is 36.4 Å². The Balaban J connectivity index is 1.77. The highest BCUT2D eigenvalue weighted by Crippen LogP contribution is 2.76. The smallest absolute Gasteiger partial charge is 0.414 e. The molecule has 0 radical (unpaired) electrons. The summed E-state index contributed by atoms with van der Waals surface area (Å²) in [4.78, 5) is 30.4. The first kappa shape index (κ1) is 19.3. The second-order valence-corrected chi connectivity index (χ2v) is 9.48. The van der Waals surface area contributed by atoms with Crippen LogP contribution in [0.4, 0.5) is 10.5 Å². The summed E-state index contributed by atoms with van der Waals surface area (Å²) < 4.78 is 10.3. The summed E-state index contributed by atoms with van der Waals surface area (Å²) in [6, 6.07) is 7.42. The van der Waals surface area contributed by atoms with Crippen LogP contribution in [-0.2, 0) is 19.7 Å². The van der Waals surface area contributed by atoms with Crippen LogP contribution in [0.3, 0.4) is 0 Å². The van der Waals surface area contributed by atoms with Gasteiger partial charge in [0.15, 0.2) is 0 Å². The molecule has 1 saturated heterocycles. The molecule has 6 aliphatic rings. The number of rotatable bonds is 1. The third kappa shape index (κ3) is 1.65. The number of aliphatic hydroxyl groups is 2. The second kappa shape index (κ2) is 5.68. The zero-order chi connectivity index (χ0) is 21.8. The number of esters is 1. The maximum absolute atomic E-state index is 13.3. The van der Waals surface area contributed by atoms with Gasteiger partial charge >= 0.3 is 12.1 Å². The predicted octanol–water partition coefficient (Wildman–Crippen LogP) is 0.952. The molecule has 3 aliphatic carbocycles. The summed E-state index contributed by atoms with van der Waals surface area (Å²) in [6.45, 7) is 1.47. The maximum atomic E-state index is 13.3. The van der Waals surface area contributed by atoms with Gasteiger partial charge in [-0.25, -0.2) is 9.59 Å². The minimum atomic E-state index is -2.32. The van der Waals surface area contributed by atoms with Crippen LogP contribution < -0.4 is 4.90 Å². The Labute approximate surface area is 180 Å². The SMILES string of the molecule is COC(=O)N1c2ccccc2[C@@]23CCN4CC=C[C@]5(CC[C@@]12[C@@](O)(C(=O)OC)[C@H]5O)[C@@H]43. The number of amides is 1.